The number of ether oxygens (including phenoxy) is 1. The van der Waals surface area contributed by atoms with Crippen molar-refractivity contribution in [1.82, 2.24) is 9.78 Å². The number of anilines is 1. The van der Waals surface area contributed by atoms with Crippen LogP contribution in [0.2, 0.25) is 0 Å². The number of hydrogen-bond acceptors (Lipinski definition) is 5. The largest absolute Gasteiger partial charge is 0.381 e. The summed E-state index contributed by atoms with van der Waals surface area (Å²) in [4.78, 5) is 10.8. The third-order valence-electron chi connectivity index (χ3n) is 3.17. The van der Waals surface area contributed by atoms with Gasteiger partial charge in [-0.3, -0.25) is 10.1 Å². The lowest BCUT2D eigenvalue weighted by molar-refractivity contribution is -0.384. The van der Waals surface area contributed by atoms with Crippen LogP contribution in [0.5, 0.6) is 0 Å². The standard InChI is InChI=1S/C11H18N4O3/c1-3-9-10(15(16)17)11(14(2)13-9)12-8-4-6-18-7-5-8/h8,12H,3-7H2,1-2H3. The van der Waals surface area contributed by atoms with E-state index in [9.17, 15) is 10.1 Å². The summed E-state index contributed by atoms with van der Waals surface area (Å²) >= 11 is 0. The average molecular weight is 254 g/mol. The number of aryl methyl sites for hydroxylation is 2. The minimum atomic E-state index is -0.354. The molecular weight excluding hydrogens is 236 g/mol. The zero-order chi connectivity index (χ0) is 13.1. The summed E-state index contributed by atoms with van der Waals surface area (Å²) in [7, 11) is 1.73. The third kappa shape index (κ3) is 2.45. The van der Waals surface area contributed by atoms with E-state index in [4.69, 9.17) is 4.74 Å². The van der Waals surface area contributed by atoms with E-state index in [2.05, 4.69) is 10.4 Å². The summed E-state index contributed by atoms with van der Waals surface area (Å²) in [5, 5.41) is 18.6. The molecule has 1 aromatic heterocycles. The van der Waals surface area contributed by atoms with Gasteiger partial charge in [0.25, 0.3) is 0 Å². The Kier molecular flexibility index (Phi) is 3.81. The van der Waals surface area contributed by atoms with Crippen molar-refractivity contribution in [3.63, 3.8) is 0 Å². The van der Waals surface area contributed by atoms with Gasteiger partial charge in [0, 0.05) is 26.3 Å². The van der Waals surface area contributed by atoms with E-state index >= 15 is 0 Å². The molecule has 0 spiro atoms. The van der Waals surface area contributed by atoms with Crippen molar-refractivity contribution < 1.29 is 9.66 Å². The summed E-state index contributed by atoms with van der Waals surface area (Å²) in [6, 6.07) is 0.220. The second-order valence-corrected chi connectivity index (χ2v) is 4.41. The molecule has 1 aromatic rings. The number of nitrogens with zero attached hydrogens (tertiary/aromatic N) is 3. The van der Waals surface area contributed by atoms with Crippen molar-refractivity contribution in [2.75, 3.05) is 18.5 Å². The lowest BCUT2D eigenvalue weighted by Gasteiger charge is -2.23. The van der Waals surface area contributed by atoms with E-state index in [1.54, 1.807) is 11.7 Å². The Hall–Kier alpha value is -1.63. The van der Waals surface area contributed by atoms with Crippen LogP contribution in [-0.2, 0) is 18.2 Å². The van der Waals surface area contributed by atoms with Gasteiger partial charge in [0.15, 0.2) is 0 Å². The van der Waals surface area contributed by atoms with Crippen LogP contribution in [0.1, 0.15) is 25.5 Å². The van der Waals surface area contributed by atoms with Gasteiger partial charge in [-0.2, -0.15) is 5.10 Å². The molecule has 2 rings (SSSR count). The van der Waals surface area contributed by atoms with Gasteiger partial charge >= 0.3 is 5.69 Å². The Labute approximate surface area is 105 Å². The SMILES string of the molecule is CCc1nn(C)c(NC2CCOCC2)c1[N+](=O)[O-]. The number of hydrogen-bond donors (Lipinski definition) is 1. The molecule has 0 amide bonds. The molecular formula is C11H18N4O3. The molecule has 0 saturated carbocycles. The van der Waals surface area contributed by atoms with E-state index in [0.717, 1.165) is 12.8 Å². The van der Waals surface area contributed by atoms with Gasteiger partial charge in [-0.1, -0.05) is 6.92 Å². The minimum Gasteiger partial charge on any atom is -0.381 e. The normalized spacial score (nSPS) is 16.8. The zero-order valence-electron chi connectivity index (χ0n) is 10.7. The zero-order valence-corrected chi connectivity index (χ0v) is 10.7. The number of nitrogens with one attached hydrogen (secondary N) is 1. The highest BCUT2D eigenvalue weighted by molar-refractivity contribution is 5.60. The summed E-state index contributed by atoms with van der Waals surface area (Å²) in [5.41, 5.74) is 0.628. The topological polar surface area (TPSA) is 82.2 Å². The highest BCUT2D eigenvalue weighted by atomic mass is 16.6. The van der Waals surface area contributed by atoms with Crippen molar-refractivity contribution in [3.05, 3.63) is 15.8 Å². The molecule has 1 aliphatic heterocycles. The van der Waals surface area contributed by atoms with Crippen LogP contribution < -0.4 is 5.32 Å². The fraction of sp³-hybridized carbons (Fsp3) is 0.727. The molecule has 0 aliphatic carbocycles. The van der Waals surface area contributed by atoms with Crippen LogP contribution in [0.3, 0.4) is 0 Å². The van der Waals surface area contributed by atoms with Crippen LogP contribution in [0.4, 0.5) is 11.5 Å². The quantitative estimate of drug-likeness (QED) is 0.650. The Morgan fingerprint density at radius 1 is 1.56 bits per heavy atom. The lowest BCUT2D eigenvalue weighted by Crippen LogP contribution is -2.29. The van der Waals surface area contributed by atoms with E-state index in [-0.39, 0.29) is 16.7 Å². The van der Waals surface area contributed by atoms with E-state index in [1.165, 1.54) is 0 Å². The molecule has 1 N–H and O–H groups in total. The maximum atomic E-state index is 11.1. The van der Waals surface area contributed by atoms with Crippen LogP contribution in [0.25, 0.3) is 0 Å². The first-order valence-electron chi connectivity index (χ1n) is 6.18. The molecule has 0 bridgehead atoms. The minimum absolute atomic E-state index is 0.103. The van der Waals surface area contributed by atoms with Crippen molar-refractivity contribution >= 4 is 11.5 Å². The average Bonchev–Trinajstić information content (AvgIpc) is 2.67. The molecule has 0 unspecified atom stereocenters. The fourth-order valence-electron chi connectivity index (χ4n) is 2.20. The maximum absolute atomic E-state index is 11.1. The second kappa shape index (κ2) is 5.34. The van der Waals surface area contributed by atoms with Gasteiger partial charge in [0.2, 0.25) is 5.82 Å². The lowest BCUT2D eigenvalue weighted by atomic mass is 10.1. The predicted molar refractivity (Wildman–Crippen MR) is 66.7 cm³/mol. The first kappa shape index (κ1) is 12.8. The van der Waals surface area contributed by atoms with Gasteiger partial charge in [-0.25, -0.2) is 4.68 Å². The number of nitro groups is 1. The first-order chi connectivity index (χ1) is 8.63. The molecule has 1 saturated heterocycles. The van der Waals surface area contributed by atoms with Gasteiger partial charge in [-0.15, -0.1) is 0 Å². The van der Waals surface area contributed by atoms with Crippen LogP contribution in [-0.4, -0.2) is 34.0 Å². The monoisotopic (exact) mass is 254 g/mol. The summed E-state index contributed by atoms with van der Waals surface area (Å²) in [6.07, 6.45) is 2.28. The van der Waals surface area contributed by atoms with Gasteiger partial charge < -0.3 is 10.1 Å². The first-order valence-corrected chi connectivity index (χ1v) is 6.18. The molecule has 7 heteroatoms. The van der Waals surface area contributed by atoms with Crippen molar-refractivity contribution in [2.24, 2.45) is 7.05 Å². The molecule has 2 heterocycles. The Balaban J connectivity index is 2.25. The van der Waals surface area contributed by atoms with Crippen LogP contribution in [0.15, 0.2) is 0 Å². The van der Waals surface area contributed by atoms with E-state index in [0.29, 0.717) is 31.1 Å². The number of aromatic nitrogens is 2. The smallest absolute Gasteiger partial charge is 0.333 e. The van der Waals surface area contributed by atoms with E-state index < -0.39 is 0 Å². The Morgan fingerprint density at radius 2 is 2.22 bits per heavy atom. The Morgan fingerprint density at radius 3 is 2.78 bits per heavy atom. The summed E-state index contributed by atoms with van der Waals surface area (Å²) in [6.45, 7) is 3.27. The highest BCUT2D eigenvalue weighted by Crippen LogP contribution is 2.29. The van der Waals surface area contributed by atoms with Crippen LogP contribution in [0, 0.1) is 10.1 Å². The van der Waals surface area contributed by atoms with Crippen molar-refractivity contribution in [1.29, 1.82) is 0 Å². The van der Waals surface area contributed by atoms with E-state index in [1.807, 2.05) is 6.92 Å². The third-order valence-corrected chi connectivity index (χ3v) is 3.17. The summed E-state index contributed by atoms with van der Waals surface area (Å²) < 4.78 is 6.84. The van der Waals surface area contributed by atoms with Crippen LogP contribution >= 0.6 is 0 Å². The highest BCUT2D eigenvalue weighted by Gasteiger charge is 2.27. The predicted octanol–water partition coefficient (Wildman–Crippen LogP) is 1.48. The number of rotatable bonds is 4. The van der Waals surface area contributed by atoms with Crippen molar-refractivity contribution in [3.8, 4) is 0 Å². The molecule has 0 radical (unpaired) electrons. The van der Waals surface area contributed by atoms with Gasteiger partial charge in [0.1, 0.15) is 5.69 Å². The second-order valence-electron chi connectivity index (χ2n) is 4.41. The summed E-state index contributed by atoms with van der Waals surface area (Å²) in [5.74, 6) is 0.503. The molecule has 0 aromatic carbocycles. The Bertz CT molecular complexity index is 438. The molecule has 1 aliphatic rings. The molecule has 18 heavy (non-hydrogen) atoms. The van der Waals surface area contributed by atoms with Gasteiger partial charge in [0.05, 0.1) is 4.92 Å². The fourth-order valence-corrected chi connectivity index (χ4v) is 2.20. The molecule has 0 atom stereocenters. The maximum Gasteiger partial charge on any atom is 0.333 e. The molecule has 100 valence electrons. The molecule has 1 fully saturated rings. The molecule has 7 nitrogen and oxygen atoms in total. The van der Waals surface area contributed by atoms with Crippen molar-refractivity contribution in [2.45, 2.75) is 32.2 Å². The van der Waals surface area contributed by atoms with Gasteiger partial charge in [-0.05, 0) is 19.3 Å².